The van der Waals surface area contributed by atoms with Gasteiger partial charge in [0, 0.05) is 31.4 Å². The standard InChI is InChI=1S/C13H19N3O3/c1-4-13(2,12(18)19)9-14-11(17)6-5-10-7-15-16(3)8-10/h5-8H,4,9H2,1-3H3,(H,14,17)(H,18,19)/b6-5+. The van der Waals surface area contributed by atoms with Gasteiger partial charge in [0.05, 0.1) is 11.6 Å². The van der Waals surface area contributed by atoms with E-state index in [4.69, 9.17) is 5.11 Å². The first-order valence-electron chi connectivity index (χ1n) is 6.05. The van der Waals surface area contributed by atoms with Gasteiger partial charge in [-0.2, -0.15) is 5.10 Å². The van der Waals surface area contributed by atoms with Crippen LogP contribution in [0.5, 0.6) is 0 Å². The minimum absolute atomic E-state index is 0.106. The summed E-state index contributed by atoms with van der Waals surface area (Å²) in [6.45, 7) is 3.50. The summed E-state index contributed by atoms with van der Waals surface area (Å²) in [6.07, 6.45) is 6.87. The van der Waals surface area contributed by atoms with Crippen molar-refractivity contribution in [3.63, 3.8) is 0 Å². The molecule has 1 aromatic rings. The maximum Gasteiger partial charge on any atom is 0.311 e. The third kappa shape index (κ3) is 4.24. The Kier molecular flexibility index (Phi) is 4.86. The minimum atomic E-state index is -0.933. The van der Waals surface area contributed by atoms with Gasteiger partial charge in [-0.3, -0.25) is 14.3 Å². The van der Waals surface area contributed by atoms with Crippen molar-refractivity contribution in [2.75, 3.05) is 6.54 Å². The van der Waals surface area contributed by atoms with Gasteiger partial charge < -0.3 is 10.4 Å². The number of aryl methyl sites for hydroxylation is 1. The van der Waals surface area contributed by atoms with Crippen molar-refractivity contribution in [2.45, 2.75) is 20.3 Å². The lowest BCUT2D eigenvalue weighted by Crippen LogP contribution is -2.40. The summed E-state index contributed by atoms with van der Waals surface area (Å²) in [4.78, 5) is 22.7. The third-order valence-corrected chi connectivity index (χ3v) is 3.10. The highest BCUT2D eigenvalue weighted by atomic mass is 16.4. The molecule has 19 heavy (non-hydrogen) atoms. The lowest BCUT2D eigenvalue weighted by Gasteiger charge is -2.22. The molecule has 0 radical (unpaired) electrons. The predicted molar refractivity (Wildman–Crippen MR) is 71.3 cm³/mol. The Morgan fingerprint density at radius 1 is 1.58 bits per heavy atom. The molecule has 0 spiro atoms. The molecule has 0 fully saturated rings. The molecular formula is C13H19N3O3. The molecule has 0 saturated heterocycles. The Morgan fingerprint density at radius 2 is 2.26 bits per heavy atom. The van der Waals surface area contributed by atoms with E-state index in [2.05, 4.69) is 10.4 Å². The zero-order valence-electron chi connectivity index (χ0n) is 11.4. The predicted octanol–water partition coefficient (Wildman–Crippen LogP) is 1.05. The highest BCUT2D eigenvalue weighted by molar-refractivity contribution is 5.92. The fraction of sp³-hybridized carbons (Fsp3) is 0.462. The largest absolute Gasteiger partial charge is 0.481 e. The molecule has 0 aliphatic heterocycles. The van der Waals surface area contributed by atoms with E-state index in [1.165, 1.54) is 6.08 Å². The fourth-order valence-corrected chi connectivity index (χ4v) is 1.39. The molecule has 0 bridgehead atoms. The Hall–Kier alpha value is -2.11. The van der Waals surface area contributed by atoms with Gasteiger partial charge in [-0.05, 0) is 19.4 Å². The van der Waals surface area contributed by atoms with E-state index >= 15 is 0 Å². The summed E-state index contributed by atoms with van der Waals surface area (Å²) in [5, 5.41) is 15.6. The maximum absolute atomic E-state index is 11.6. The van der Waals surface area contributed by atoms with Crippen LogP contribution in [-0.2, 0) is 16.6 Å². The number of carbonyl (C=O) groups excluding carboxylic acids is 1. The average molecular weight is 265 g/mol. The first-order chi connectivity index (χ1) is 8.87. The molecule has 2 N–H and O–H groups in total. The van der Waals surface area contributed by atoms with Crippen molar-refractivity contribution in [2.24, 2.45) is 12.5 Å². The summed E-state index contributed by atoms with van der Waals surface area (Å²) >= 11 is 0. The summed E-state index contributed by atoms with van der Waals surface area (Å²) in [6, 6.07) is 0. The molecule has 1 amide bonds. The van der Waals surface area contributed by atoms with Gasteiger partial charge in [-0.15, -0.1) is 0 Å². The summed E-state index contributed by atoms with van der Waals surface area (Å²) < 4.78 is 1.64. The van der Waals surface area contributed by atoms with Gasteiger partial charge in [0.25, 0.3) is 0 Å². The average Bonchev–Trinajstić information content (AvgIpc) is 2.79. The fourth-order valence-electron chi connectivity index (χ4n) is 1.39. The van der Waals surface area contributed by atoms with E-state index in [1.54, 1.807) is 44.0 Å². The Labute approximate surface area is 112 Å². The zero-order valence-corrected chi connectivity index (χ0v) is 11.4. The number of hydrogen-bond donors (Lipinski definition) is 2. The first-order valence-corrected chi connectivity index (χ1v) is 6.05. The molecular weight excluding hydrogens is 246 g/mol. The van der Waals surface area contributed by atoms with Gasteiger partial charge in [0.15, 0.2) is 0 Å². The van der Waals surface area contributed by atoms with Crippen LogP contribution in [0.1, 0.15) is 25.8 Å². The quantitative estimate of drug-likeness (QED) is 0.753. The molecule has 1 heterocycles. The molecule has 1 unspecified atom stereocenters. The molecule has 1 atom stereocenters. The lowest BCUT2D eigenvalue weighted by molar-refractivity contribution is -0.148. The van der Waals surface area contributed by atoms with E-state index in [0.29, 0.717) is 6.42 Å². The van der Waals surface area contributed by atoms with Crippen molar-refractivity contribution >= 4 is 18.0 Å². The molecule has 0 aromatic carbocycles. The van der Waals surface area contributed by atoms with Gasteiger partial charge >= 0.3 is 5.97 Å². The Bertz CT molecular complexity index is 493. The maximum atomic E-state index is 11.6. The molecule has 0 aliphatic rings. The van der Waals surface area contributed by atoms with E-state index in [0.717, 1.165) is 5.56 Å². The number of carbonyl (C=O) groups is 2. The second-order valence-corrected chi connectivity index (χ2v) is 4.72. The highest BCUT2D eigenvalue weighted by Crippen LogP contribution is 2.19. The summed E-state index contributed by atoms with van der Waals surface area (Å²) in [7, 11) is 1.79. The molecule has 104 valence electrons. The first kappa shape index (κ1) is 14.9. The van der Waals surface area contributed by atoms with Crippen LogP contribution in [0.3, 0.4) is 0 Å². The van der Waals surface area contributed by atoms with Gasteiger partial charge in [-0.25, -0.2) is 0 Å². The normalized spacial score (nSPS) is 14.3. The van der Waals surface area contributed by atoms with Crippen LogP contribution in [-0.4, -0.2) is 33.3 Å². The van der Waals surface area contributed by atoms with Gasteiger partial charge in [0.2, 0.25) is 5.91 Å². The molecule has 0 saturated carbocycles. The van der Waals surface area contributed by atoms with Crippen molar-refractivity contribution in [3.05, 3.63) is 24.0 Å². The number of nitrogens with one attached hydrogen (secondary N) is 1. The summed E-state index contributed by atoms with van der Waals surface area (Å²) in [5.41, 5.74) is -0.119. The third-order valence-electron chi connectivity index (χ3n) is 3.10. The molecule has 0 aliphatic carbocycles. The monoisotopic (exact) mass is 265 g/mol. The smallest absolute Gasteiger partial charge is 0.311 e. The minimum Gasteiger partial charge on any atom is -0.481 e. The van der Waals surface area contributed by atoms with Crippen LogP contribution in [0, 0.1) is 5.41 Å². The van der Waals surface area contributed by atoms with Crippen LogP contribution in [0.15, 0.2) is 18.5 Å². The van der Waals surface area contributed by atoms with E-state index < -0.39 is 11.4 Å². The number of nitrogens with zero attached hydrogens (tertiary/aromatic N) is 2. The number of carboxylic acids is 1. The number of aromatic nitrogens is 2. The number of carboxylic acid groups (broad SMARTS) is 1. The molecule has 6 heteroatoms. The highest BCUT2D eigenvalue weighted by Gasteiger charge is 2.31. The van der Waals surface area contributed by atoms with Crippen molar-refractivity contribution in [1.82, 2.24) is 15.1 Å². The number of hydrogen-bond acceptors (Lipinski definition) is 3. The van der Waals surface area contributed by atoms with Gasteiger partial charge in [0.1, 0.15) is 0 Å². The van der Waals surface area contributed by atoms with E-state index in [9.17, 15) is 9.59 Å². The van der Waals surface area contributed by atoms with Crippen molar-refractivity contribution in [3.8, 4) is 0 Å². The van der Waals surface area contributed by atoms with Crippen LogP contribution in [0.4, 0.5) is 0 Å². The zero-order chi connectivity index (χ0) is 14.5. The topological polar surface area (TPSA) is 84.2 Å². The second kappa shape index (κ2) is 6.17. The van der Waals surface area contributed by atoms with Crippen LogP contribution >= 0.6 is 0 Å². The van der Waals surface area contributed by atoms with Crippen LogP contribution in [0.2, 0.25) is 0 Å². The molecule has 1 rings (SSSR count). The summed E-state index contributed by atoms with van der Waals surface area (Å²) in [5.74, 6) is -1.23. The van der Waals surface area contributed by atoms with Crippen LogP contribution in [0.25, 0.3) is 6.08 Å². The lowest BCUT2D eigenvalue weighted by atomic mass is 9.88. The van der Waals surface area contributed by atoms with Crippen LogP contribution < -0.4 is 5.32 Å². The molecule has 1 aromatic heterocycles. The number of rotatable bonds is 6. The van der Waals surface area contributed by atoms with Gasteiger partial charge in [-0.1, -0.05) is 6.92 Å². The Balaban J connectivity index is 2.52. The number of aliphatic carboxylic acids is 1. The van der Waals surface area contributed by atoms with Crippen molar-refractivity contribution in [1.29, 1.82) is 0 Å². The second-order valence-electron chi connectivity index (χ2n) is 4.72. The van der Waals surface area contributed by atoms with E-state index in [-0.39, 0.29) is 12.5 Å². The number of amides is 1. The molecule has 6 nitrogen and oxygen atoms in total. The van der Waals surface area contributed by atoms with Crippen molar-refractivity contribution < 1.29 is 14.7 Å². The Morgan fingerprint density at radius 3 is 2.74 bits per heavy atom. The van der Waals surface area contributed by atoms with E-state index in [1.807, 2.05) is 0 Å². The SMILES string of the molecule is CCC(C)(CNC(=O)/C=C/c1cnn(C)c1)C(=O)O.